The first-order valence-electron chi connectivity index (χ1n) is 8.23. The molecule has 0 N–H and O–H groups in total. The Balaban J connectivity index is 1.94. The van der Waals surface area contributed by atoms with Gasteiger partial charge in [-0.1, -0.05) is 60.1 Å². The zero-order chi connectivity index (χ0) is 17.9. The molecule has 4 rings (SSSR count). The maximum Gasteiger partial charge on any atom is 0.266 e. The standard InChI is InChI=1S/C22H15ClN2O/c23-17-8-6-7-16(15-17)13-14-21-24-20-12-5-4-11-19(20)22(26)25(21)18-9-2-1-3-10-18/h1-15H/b14-13+. The molecule has 0 saturated carbocycles. The van der Waals surface area contributed by atoms with E-state index in [1.165, 1.54) is 0 Å². The molecule has 0 fully saturated rings. The minimum atomic E-state index is -0.0902. The van der Waals surface area contributed by atoms with Crippen LogP contribution in [0, 0.1) is 0 Å². The topological polar surface area (TPSA) is 34.9 Å². The fourth-order valence-electron chi connectivity index (χ4n) is 2.87. The summed E-state index contributed by atoms with van der Waals surface area (Å²) in [5.74, 6) is 0.569. The zero-order valence-corrected chi connectivity index (χ0v) is 14.6. The highest BCUT2D eigenvalue weighted by Gasteiger charge is 2.10. The molecule has 4 heteroatoms. The lowest BCUT2D eigenvalue weighted by molar-refractivity contribution is 0.944. The summed E-state index contributed by atoms with van der Waals surface area (Å²) >= 11 is 6.05. The summed E-state index contributed by atoms with van der Waals surface area (Å²) in [7, 11) is 0. The van der Waals surface area contributed by atoms with Gasteiger partial charge in [-0.05, 0) is 48.0 Å². The number of hydrogen-bond donors (Lipinski definition) is 0. The predicted molar refractivity (Wildman–Crippen MR) is 108 cm³/mol. The molecule has 0 spiro atoms. The predicted octanol–water partition coefficient (Wildman–Crippen LogP) is 5.21. The monoisotopic (exact) mass is 358 g/mol. The summed E-state index contributed by atoms with van der Waals surface area (Å²) in [6.45, 7) is 0. The molecule has 0 bridgehead atoms. The third kappa shape index (κ3) is 3.17. The summed E-state index contributed by atoms with van der Waals surface area (Å²) < 4.78 is 1.63. The Labute approximate surface area is 155 Å². The molecule has 0 unspecified atom stereocenters. The van der Waals surface area contributed by atoms with Crippen molar-refractivity contribution in [3.8, 4) is 5.69 Å². The van der Waals surface area contributed by atoms with E-state index in [4.69, 9.17) is 16.6 Å². The van der Waals surface area contributed by atoms with Crippen LogP contribution in [0.3, 0.4) is 0 Å². The van der Waals surface area contributed by atoms with E-state index < -0.39 is 0 Å². The van der Waals surface area contributed by atoms with E-state index in [-0.39, 0.29) is 5.56 Å². The summed E-state index contributed by atoms with van der Waals surface area (Å²) in [4.78, 5) is 17.8. The van der Waals surface area contributed by atoms with Crippen molar-refractivity contribution in [1.82, 2.24) is 9.55 Å². The fourth-order valence-corrected chi connectivity index (χ4v) is 3.07. The molecule has 3 aromatic carbocycles. The van der Waals surface area contributed by atoms with Crippen LogP contribution in [0.5, 0.6) is 0 Å². The number of rotatable bonds is 3. The quantitative estimate of drug-likeness (QED) is 0.504. The second kappa shape index (κ2) is 6.98. The molecule has 3 nitrogen and oxygen atoms in total. The van der Waals surface area contributed by atoms with Gasteiger partial charge >= 0.3 is 0 Å². The van der Waals surface area contributed by atoms with Gasteiger partial charge in [0.15, 0.2) is 0 Å². The molecule has 0 atom stereocenters. The molecule has 0 aliphatic rings. The molecule has 0 amide bonds. The lowest BCUT2D eigenvalue weighted by Crippen LogP contribution is -2.22. The van der Waals surface area contributed by atoms with Crippen molar-refractivity contribution in [2.24, 2.45) is 0 Å². The van der Waals surface area contributed by atoms with E-state index >= 15 is 0 Å². The normalized spacial score (nSPS) is 11.3. The van der Waals surface area contributed by atoms with Crippen molar-refractivity contribution in [3.05, 3.63) is 106 Å². The highest BCUT2D eigenvalue weighted by Crippen LogP contribution is 2.16. The number of benzene rings is 3. The van der Waals surface area contributed by atoms with Crippen LogP contribution in [0.1, 0.15) is 11.4 Å². The molecule has 126 valence electrons. The Morgan fingerprint density at radius 1 is 0.846 bits per heavy atom. The second-order valence-electron chi connectivity index (χ2n) is 5.85. The molecule has 1 heterocycles. The lowest BCUT2D eigenvalue weighted by atomic mass is 10.2. The Bertz CT molecular complexity index is 1160. The molecule has 1 aromatic heterocycles. The van der Waals surface area contributed by atoms with E-state index in [9.17, 15) is 4.79 Å². The number of nitrogens with zero attached hydrogens (tertiary/aromatic N) is 2. The van der Waals surface area contributed by atoms with E-state index in [2.05, 4.69) is 0 Å². The second-order valence-corrected chi connectivity index (χ2v) is 6.29. The zero-order valence-electron chi connectivity index (χ0n) is 13.8. The van der Waals surface area contributed by atoms with Crippen molar-refractivity contribution >= 4 is 34.7 Å². The Morgan fingerprint density at radius 2 is 1.62 bits per heavy atom. The number of para-hydroxylation sites is 2. The highest BCUT2D eigenvalue weighted by molar-refractivity contribution is 6.30. The largest absolute Gasteiger partial charge is 0.268 e. The van der Waals surface area contributed by atoms with Crippen molar-refractivity contribution < 1.29 is 0 Å². The summed E-state index contributed by atoms with van der Waals surface area (Å²) in [5, 5.41) is 1.26. The molecule has 0 saturated heterocycles. The average Bonchev–Trinajstić information content (AvgIpc) is 2.67. The first-order valence-corrected chi connectivity index (χ1v) is 8.61. The number of aromatic nitrogens is 2. The number of fused-ring (bicyclic) bond motifs is 1. The molecular weight excluding hydrogens is 344 g/mol. The average molecular weight is 359 g/mol. The molecule has 0 aliphatic carbocycles. The summed E-state index contributed by atoms with van der Waals surface area (Å²) in [6, 6.07) is 24.4. The van der Waals surface area contributed by atoms with Crippen molar-refractivity contribution in [2.75, 3.05) is 0 Å². The summed E-state index contributed by atoms with van der Waals surface area (Å²) in [5.41, 5.74) is 2.31. The number of hydrogen-bond acceptors (Lipinski definition) is 2. The van der Waals surface area contributed by atoms with Gasteiger partial charge in [-0.2, -0.15) is 0 Å². The van der Waals surface area contributed by atoms with Gasteiger partial charge in [0.1, 0.15) is 5.82 Å². The SMILES string of the molecule is O=c1c2ccccc2nc(/C=C/c2cccc(Cl)c2)n1-c1ccccc1. The van der Waals surface area contributed by atoms with E-state index in [0.717, 1.165) is 11.3 Å². The lowest BCUT2D eigenvalue weighted by Gasteiger charge is -2.11. The van der Waals surface area contributed by atoms with Crippen molar-refractivity contribution in [1.29, 1.82) is 0 Å². The third-order valence-electron chi connectivity index (χ3n) is 4.09. The maximum atomic E-state index is 13.1. The van der Waals surface area contributed by atoms with Crippen LogP contribution in [0.15, 0.2) is 83.7 Å². The van der Waals surface area contributed by atoms with E-state index in [1.54, 1.807) is 10.6 Å². The minimum absolute atomic E-state index is 0.0902. The maximum absolute atomic E-state index is 13.1. The Morgan fingerprint density at radius 3 is 2.42 bits per heavy atom. The first kappa shape index (κ1) is 16.3. The van der Waals surface area contributed by atoms with E-state index in [1.807, 2.05) is 84.9 Å². The van der Waals surface area contributed by atoms with Gasteiger partial charge in [-0.25, -0.2) is 4.98 Å². The smallest absolute Gasteiger partial charge is 0.266 e. The molecular formula is C22H15ClN2O. The molecule has 26 heavy (non-hydrogen) atoms. The van der Waals surface area contributed by atoms with Crippen LogP contribution in [-0.4, -0.2) is 9.55 Å². The van der Waals surface area contributed by atoms with Gasteiger partial charge in [0, 0.05) is 5.02 Å². The van der Waals surface area contributed by atoms with Crippen LogP contribution in [-0.2, 0) is 0 Å². The van der Waals surface area contributed by atoms with Gasteiger partial charge in [-0.3, -0.25) is 9.36 Å². The Hall–Kier alpha value is -3.17. The van der Waals surface area contributed by atoms with Gasteiger partial charge in [0.25, 0.3) is 5.56 Å². The van der Waals surface area contributed by atoms with Crippen LogP contribution < -0.4 is 5.56 Å². The van der Waals surface area contributed by atoms with E-state index in [0.29, 0.717) is 21.7 Å². The highest BCUT2D eigenvalue weighted by atomic mass is 35.5. The van der Waals surface area contributed by atoms with Gasteiger partial charge in [-0.15, -0.1) is 0 Å². The van der Waals surface area contributed by atoms with Crippen molar-refractivity contribution in [3.63, 3.8) is 0 Å². The van der Waals surface area contributed by atoms with Gasteiger partial charge < -0.3 is 0 Å². The first-order chi connectivity index (χ1) is 12.7. The molecule has 4 aromatic rings. The minimum Gasteiger partial charge on any atom is -0.268 e. The van der Waals surface area contributed by atoms with Crippen LogP contribution in [0.25, 0.3) is 28.7 Å². The van der Waals surface area contributed by atoms with Crippen molar-refractivity contribution in [2.45, 2.75) is 0 Å². The Kier molecular flexibility index (Phi) is 4.38. The fraction of sp³-hybridized carbons (Fsp3) is 0. The van der Waals surface area contributed by atoms with Gasteiger partial charge in [0.2, 0.25) is 0 Å². The van der Waals surface area contributed by atoms with Crippen LogP contribution in [0.2, 0.25) is 5.02 Å². The number of halogens is 1. The van der Waals surface area contributed by atoms with Gasteiger partial charge in [0.05, 0.1) is 16.6 Å². The third-order valence-corrected chi connectivity index (χ3v) is 4.32. The summed E-state index contributed by atoms with van der Waals surface area (Å²) in [6.07, 6.45) is 3.74. The van der Waals surface area contributed by atoms with Crippen LogP contribution >= 0.6 is 11.6 Å². The molecule has 0 radical (unpaired) electrons. The van der Waals surface area contributed by atoms with Crippen LogP contribution in [0.4, 0.5) is 0 Å². The molecule has 0 aliphatic heterocycles.